The molecule has 0 fully saturated rings. The van der Waals surface area contributed by atoms with Crippen molar-refractivity contribution in [2.75, 3.05) is 5.73 Å². The first-order chi connectivity index (χ1) is 21.0. The zero-order valence-corrected chi connectivity index (χ0v) is 23.5. The van der Waals surface area contributed by atoms with Gasteiger partial charge in [0, 0.05) is 49.9 Å². The van der Waals surface area contributed by atoms with Crippen LogP contribution in [0.3, 0.4) is 0 Å². The molecule has 43 heavy (non-hydrogen) atoms. The summed E-state index contributed by atoms with van der Waals surface area (Å²) >= 11 is 0. The lowest BCUT2D eigenvalue weighted by Crippen LogP contribution is -2.10. The summed E-state index contributed by atoms with van der Waals surface area (Å²) in [5.41, 5.74) is 14.0. The van der Waals surface area contributed by atoms with Gasteiger partial charge in [0.1, 0.15) is 11.6 Å². The van der Waals surface area contributed by atoms with Crippen LogP contribution in [0.4, 0.5) is 11.6 Å². The van der Waals surface area contributed by atoms with E-state index in [0.717, 1.165) is 49.9 Å². The van der Waals surface area contributed by atoms with E-state index < -0.39 is 0 Å². The number of hydrogen-bond acceptors (Lipinski definition) is 5. The molecule has 3 heterocycles. The molecule has 0 unspecified atom stereocenters. The molecule has 0 saturated heterocycles. The maximum absolute atomic E-state index is 6.22. The Morgan fingerprint density at radius 2 is 1.30 bits per heavy atom. The first kappa shape index (κ1) is 26.0. The third kappa shape index (κ3) is 4.53. The van der Waals surface area contributed by atoms with E-state index >= 15 is 0 Å². The quantitative estimate of drug-likeness (QED) is 0.220. The Kier molecular flexibility index (Phi) is 6.32. The number of nitrogens with zero attached hydrogens (tertiary/aromatic N) is 5. The molecular formula is C36H27N7. The summed E-state index contributed by atoms with van der Waals surface area (Å²) in [5, 5.41) is 1.87. The lowest BCUT2D eigenvalue weighted by molar-refractivity contribution is 1.34. The molecule has 0 saturated carbocycles. The highest BCUT2D eigenvalue weighted by atomic mass is 15.1. The number of hydrogen-bond donors (Lipinski definition) is 2. The maximum atomic E-state index is 6.22. The number of fused-ring (bicyclic) bond motifs is 3. The molecule has 3 N–H and O–H groups in total. The monoisotopic (exact) mass is 557 g/mol. The second-order valence-electron chi connectivity index (χ2n) is 10.2. The highest BCUT2D eigenvalue weighted by Crippen LogP contribution is 2.32. The van der Waals surface area contributed by atoms with Gasteiger partial charge in [-0.3, -0.25) is 0 Å². The Hall–Kier alpha value is -5.95. The summed E-state index contributed by atoms with van der Waals surface area (Å²) in [6.45, 7) is 10.1. The van der Waals surface area contributed by atoms with Crippen LogP contribution in [0.1, 0.15) is 40.3 Å². The summed E-state index contributed by atoms with van der Waals surface area (Å²) < 4.78 is 0. The van der Waals surface area contributed by atoms with Crippen LogP contribution in [-0.4, -0.2) is 33.9 Å². The molecule has 7 heteroatoms. The van der Waals surface area contributed by atoms with Crippen LogP contribution in [-0.2, 0) is 0 Å². The van der Waals surface area contributed by atoms with Crippen molar-refractivity contribution < 1.29 is 0 Å². The van der Waals surface area contributed by atoms with Crippen molar-refractivity contribution >= 4 is 57.0 Å². The molecule has 2 aliphatic rings. The minimum absolute atomic E-state index is 0.576. The van der Waals surface area contributed by atoms with Crippen molar-refractivity contribution in [2.45, 2.75) is 6.92 Å². The van der Waals surface area contributed by atoms with Gasteiger partial charge in [-0.2, -0.15) is 0 Å². The van der Waals surface area contributed by atoms with Crippen molar-refractivity contribution in [3.63, 3.8) is 0 Å². The number of H-pyrrole nitrogens is 1. The third-order valence-corrected chi connectivity index (χ3v) is 7.57. The van der Waals surface area contributed by atoms with Crippen molar-refractivity contribution in [1.82, 2.24) is 4.98 Å². The van der Waals surface area contributed by atoms with Gasteiger partial charge in [0.25, 0.3) is 0 Å². The predicted octanol–water partition coefficient (Wildman–Crippen LogP) is 7.50. The number of aromatic nitrogens is 1. The summed E-state index contributed by atoms with van der Waals surface area (Å²) in [4.78, 5) is 27.6. The zero-order chi connectivity index (χ0) is 29.5. The number of aromatic amines is 1. The van der Waals surface area contributed by atoms with Gasteiger partial charge in [-0.15, -0.1) is 0 Å². The molecular weight excluding hydrogens is 530 g/mol. The molecule has 0 atom stereocenters. The number of nitrogens with two attached hydrogens (primary N) is 1. The summed E-state index contributed by atoms with van der Waals surface area (Å²) in [6.07, 6.45) is 1.75. The van der Waals surface area contributed by atoms with Crippen molar-refractivity contribution in [2.24, 2.45) is 25.0 Å². The van der Waals surface area contributed by atoms with Gasteiger partial charge in [0.05, 0.1) is 11.4 Å². The number of aliphatic imine (C=N–C) groups is 5. The number of benzene rings is 4. The van der Waals surface area contributed by atoms with Gasteiger partial charge in [0.2, 0.25) is 0 Å². The van der Waals surface area contributed by atoms with Gasteiger partial charge < -0.3 is 10.7 Å². The van der Waals surface area contributed by atoms with Crippen LogP contribution < -0.4 is 5.73 Å². The number of anilines is 1. The van der Waals surface area contributed by atoms with Crippen molar-refractivity contribution in [1.29, 1.82) is 0 Å². The first-order valence-corrected chi connectivity index (χ1v) is 13.9. The number of rotatable bonds is 4. The fourth-order valence-corrected chi connectivity index (χ4v) is 5.48. The minimum atomic E-state index is 0.576. The number of amidine groups is 3. The van der Waals surface area contributed by atoms with Gasteiger partial charge >= 0.3 is 0 Å². The van der Waals surface area contributed by atoms with E-state index in [2.05, 4.69) is 23.1 Å². The molecule has 7 rings (SSSR count). The first-order valence-electron chi connectivity index (χ1n) is 13.9. The number of nitrogen functional groups attached to an aromatic ring is 1. The molecule has 2 aliphatic heterocycles. The predicted molar refractivity (Wildman–Crippen MR) is 179 cm³/mol. The smallest absolute Gasteiger partial charge is 0.164 e. The molecule has 1 aromatic heterocycles. The average molecular weight is 558 g/mol. The van der Waals surface area contributed by atoms with Gasteiger partial charge in [0.15, 0.2) is 17.5 Å². The molecule has 0 amide bonds. The topological polar surface area (TPSA) is 104 Å². The van der Waals surface area contributed by atoms with E-state index in [1.165, 1.54) is 0 Å². The van der Waals surface area contributed by atoms with Crippen LogP contribution in [0.2, 0.25) is 0 Å². The van der Waals surface area contributed by atoms with E-state index in [-0.39, 0.29) is 0 Å². The van der Waals surface area contributed by atoms with Crippen LogP contribution in [0.5, 0.6) is 0 Å². The summed E-state index contributed by atoms with van der Waals surface area (Å²) in [7, 11) is 0. The minimum Gasteiger partial charge on any atom is -0.385 e. The Morgan fingerprint density at radius 3 is 2.05 bits per heavy atom. The lowest BCUT2D eigenvalue weighted by atomic mass is 9.99. The largest absolute Gasteiger partial charge is 0.385 e. The Bertz CT molecular complexity index is 2140. The number of allylic oxidation sites excluding steroid dienone is 1. The van der Waals surface area contributed by atoms with Crippen molar-refractivity contribution in [3.8, 4) is 0 Å². The van der Waals surface area contributed by atoms with E-state index in [0.29, 0.717) is 40.6 Å². The van der Waals surface area contributed by atoms with Crippen LogP contribution in [0.25, 0.3) is 16.5 Å². The molecule has 0 radical (unpaired) electrons. The Balaban J connectivity index is 1.29. The van der Waals surface area contributed by atoms with E-state index in [1.54, 1.807) is 6.08 Å². The van der Waals surface area contributed by atoms with Gasteiger partial charge in [-0.05, 0) is 13.0 Å². The summed E-state index contributed by atoms with van der Waals surface area (Å²) in [5.74, 6) is 3.03. The van der Waals surface area contributed by atoms with E-state index in [4.69, 9.17) is 25.7 Å². The molecule has 206 valence electrons. The molecule has 4 aromatic carbocycles. The fourth-order valence-electron chi connectivity index (χ4n) is 5.48. The molecule has 0 spiro atoms. The lowest BCUT2D eigenvalue weighted by Gasteiger charge is -2.10. The maximum Gasteiger partial charge on any atom is 0.164 e. The average Bonchev–Trinajstić information content (AvgIpc) is 3.67. The molecule has 5 aromatic rings. The van der Waals surface area contributed by atoms with E-state index in [9.17, 15) is 0 Å². The number of nitrogens with one attached hydrogen (secondary N) is 1. The fraction of sp³-hybridized carbons (Fsp3) is 0.0278. The highest BCUT2D eigenvalue weighted by molar-refractivity contribution is 6.28. The Morgan fingerprint density at radius 1 is 0.721 bits per heavy atom. The standard InChI is InChI=1S/C36H27N7/c1-4-31(40-33-27-17-9-6-14-24(27)22(3)38-33)25-15-7-5-13-23(25)21(2)39-34-29-19-11-12-20-30(29)36(42-34)43-35-28-18-10-8-16-26(28)32(37)41-35/h4-20,41H,1,3,37H2,2H3/b39-21+,40-31+,43-36-. The van der Waals surface area contributed by atoms with Gasteiger partial charge in [-0.1, -0.05) is 110 Å². The molecule has 7 nitrogen and oxygen atoms in total. The van der Waals surface area contributed by atoms with Crippen LogP contribution >= 0.6 is 0 Å². The summed E-state index contributed by atoms with van der Waals surface area (Å²) in [6, 6.07) is 31.9. The molecule has 0 bridgehead atoms. The highest BCUT2D eigenvalue weighted by Gasteiger charge is 2.23. The normalized spacial score (nSPS) is 15.5. The van der Waals surface area contributed by atoms with Crippen LogP contribution in [0.15, 0.2) is 141 Å². The zero-order valence-electron chi connectivity index (χ0n) is 23.5. The second kappa shape index (κ2) is 10.5. The third-order valence-electron chi connectivity index (χ3n) is 7.57. The molecule has 0 aliphatic carbocycles. The van der Waals surface area contributed by atoms with Crippen LogP contribution in [0, 0.1) is 0 Å². The van der Waals surface area contributed by atoms with E-state index in [1.807, 2.05) is 104 Å². The second-order valence-corrected chi connectivity index (χ2v) is 10.2. The Labute approximate surface area is 249 Å². The van der Waals surface area contributed by atoms with Crippen molar-refractivity contribution in [3.05, 3.63) is 150 Å². The SMILES string of the molecule is C=C/C(=N\C1=NC(=C)c2ccccc21)c1ccccc1/C(C)=N/C1=NC(=N\c2[nH]c(N)c3ccccc23)/c2ccccc21. The van der Waals surface area contributed by atoms with Gasteiger partial charge in [-0.25, -0.2) is 25.0 Å².